The van der Waals surface area contributed by atoms with E-state index >= 15 is 0 Å². The molecular formula is C17H17BrN2OS. The Labute approximate surface area is 143 Å². The summed E-state index contributed by atoms with van der Waals surface area (Å²) in [6.45, 7) is 1.58. The highest BCUT2D eigenvalue weighted by Gasteiger charge is 2.23. The fraction of sp³-hybridized carbons (Fsp3) is 0.294. The second kappa shape index (κ2) is 7.29. The van der Waals surface area contributed by atoms with Gasteiger partial charge in [0.05, 0.1) is 5.56 Å². The highest BCUT2D eigenvalue weighted by Crippen LogP contribution is 2.34. The van der Waals surface area contributed by atoms with Gasteiger partial charge in [0.1, 0.15) is 0 Å². The molecule has 2 heterocycles. The minimum atomic E-state index is 0.0723. The largest absolute Gasteiger partial charge is 0.338 e. The number of hydrogen-bond acceptors (Lipinski definition) is 3. The molecule has 0 bridgehead atoms. The molecule has 1 aliphatic heterocycles. The fourth-order valence-electron chi connectivity index (χ4n) is 2.62. The summed E-state index contributed by atoms with van der Waals surface area (Å²) in [5.74, 6) is 1.04. The summed E-state index contributed by atoms with van der Waals surface area (Å²) in [4.78, 5) is 18.6. The number of amides is 1. The zero-order chi connectivity index (χ0) is 15.4. The summed E-state index contributed by atoms with van der Waals surface area (Å²) in [7, 11) is 0. The van der Waals surface area contributed by atoms with Gasteiger partial charge in [-0.15, -0.1) is 0 Å². The number of pyridine rings is 1. The summed E-state index contributed by atoms with van der Waals surface area (Å²) < 4.78 is 0.838. The second-order valence-electron chi connectivity index (χ2n) is 5.24. The molecule has 1 unspecified atom stereocenters. The molecule has 3 nitrogen and oxygen atoms in total. The molecule has 1 atom stereocenters. The van der Waals surface area contributed by atoms with Crippen LogP contribution in [0.5, 0.6) is 0 Å². The first-order valence-corrected chi connectivity index (χ1v) is 9.14. The maximum absolute atomic E-state index is 12.6. The Kier molecular flexibility index (Phi) is 5.16. The van der Waals surface area contributed by atoms with Gasteiger partial charge in [0.25, 0.3) is 5.91 Å². The standard InChI is InChI=1S/C17H17BrN2OS/c18-15-10-14(11-19-12-15)17(21)20-7-6-16(22-9-8-20)13-4-2-1-3-5-13/h1-5,10-12,16H,6-9H2. The number of aromatic nitrogens is 1. The number of benzene rings is 1. The predicted octanol–water partition coefficient (Wildman–Crippen LogP) is 4.16. The number of halogens is 1. The highest BCUT2D eigenvalue weighted by atomic mass is 79.9. The van der Waals surface area contributed by atoms with Crippen LogP contribution in [-0.2, 0) is 0 Å². The third kappa shape index (κ3) is 3.70. The quantitative estimate of drug-likeness (QED) is 0.788. The number of carbonyl (C=O) groups is 1. The average Bonchev–Trinajstić information content (AvgIpc) is 2.81. The Morgan fingerprint density at radius 3 is 2.82 bits per heavy atom. The third-order valence-electron chi connectivity index (χ3n) is 3.75. The Bertz CT molecular complexity index is 650. The van der Waals surface area contributed by atoms with Crippen molar-refractivity contribution in [2.24, 2.45) is 0 Å². The lowest BCUT2D eigenvalue weighted by Gasteiger charge is -2.20. The van der Waals surface area contributed by atoms with E-state index in [1.165, 1.54) is 5.56 Å². The van der Waals surface area contributed by atoms with Gasteiger partial charge in [-0.25, -0.2) is 0 Å². The van der Waals surface area contributed by atoms with Crippen molar-refractivity contribution in [3.8, 4) is 0 Å². The topological polar surface area (TPSA) is 33.2 Å². The molecule has 0 saturated carbocycles. The van der Waals surface area contributed by atoms with Gasteiger partial charge in [-0.2, -0.15) is 11.8 Å². The van der Waals surface area contributed by atoms with Crippen molar-refractivity contribution >= 4 is 33.6 Å². The number of hydrogen-bond donors (Lipinski definition) is 0. The SMILES string of the molecule is O=C(c1cncc(Br)c1)N1CCSC(c2ccccc2)CC1. The van der Waals surface area contributed by atoms with Gasteiger partial charge >= 0.3 is 0 Å². The van der Waals surface area contributed by atoms with Crippen molar-refractivity contribution in [1.29, 1.82) is 0 Å². The van der Waals surface area contributed by atoms with Crippen LogP contribution in [0.25, 0.3) is 0 Å². The lowest BCUT2D eigenvalue weighted by atomic mass is 10.1. The number of rotatable bonds is 2. The first-order chi connectivity index (χ1) is 10.7. The number of carbonyl (C=O) groups excluding carboxylic acids is 1. The smallest absolute Gasteiger partial charge is 0.255 e. The molecular weight excluding hydrogens is 360 g/mol. The third-order valence-corrected chi connectivity index (χ3v) is 5.51. The Balaban J connectivity index is 1.69. The summed E-state index contributed by atoms with van der Waals surface area (Å²) in [6, 6.07) is 12.4. The van der Waals surface area contributed by atoms with E-state index in [4.69, 9.17) is 0 Å². The summed E-state index contributed by atoms with van der Waals surface area (Å²) >= 11 is 5.31. The minimum Gasteiger partial charge on any atom is -0.338 e. The molecule has 1 saturated heterocycles. The summed E-state index contributed by atoms with van der Waals surface area (Å²) in [5, 5.41) is 0.472. The molecule has 1 aliphatic rings. The van der Waals surface area contributed by atoms with Crippen LogP contribution in [0.15, 0.2) is 53.3 Å². The highest BCUT2D eigenvalue weighted by molar-refractivity contribution is 9.10. The average molecular weight is 377 g/mol. The summed E-state index contributed by atoms with van der Waals surface area (Å²) in [5.41, 5.74) is 2.00. The van der Waals surface area contributed by atoms with Crippen LogP contribution >= 0.6 is 27.7 Å². The molecule has 114 valence electrons. The molecule has 22 heavy (non-hydrogen) atoms. The van der Waals surface area contributed by atoms with Crippen molar-refractivity contribution < 1.29 is 4.79 Å². The number of nitrogens with zero attached hydrogens (tertiary/aromatic N) is 2. The van der Waals surface area contributed by atoms with Gasteiger partial charge in [0.15, 0.2) is 0 Å². The zero-order valence-electron chi connectivity index (χ0n) is 12.1. The molecule has 5 heteroatoms. The van der Waals surface area contributed by atoms with E-state index in [2.05, 4.69) is 45.2 Å². The van der Waals surface area contributed by atoms with Crippen LogP contribution in [-0.4, -0.2) is 34.6 Å². The molecule has 1 aromatic heterocycles. The minimum absolute atomic E-state index is 0.0723. The van der Waals surface area contributed by atoms with Crippen molar-refractivity contribution in [3.63, 3.8) is 0 Å². The van der Waals surface area contributed by atoms with Gasteiger partial charge in [-0.1, -0.05) is 30.3 Å². The van der Waals surface area contributed by atoms with Crippen LogP contribution in [0.3, 0.4) is 0 Å². The van der Waals surface area contributed by atoms with Gasteiger partial charge in [-0.05, 0) is 34.0 Å². The van der Waals surface area contributed by atoms with E-state index in [1.807, 2.05) is 28.8 Å². The van der Waals surface area contributed by atoms with E-state index in [1.54, 1.807) is 12.4 Å². The van der Waals surface area contributed by atoms with Crippen molar-refractivity contribution in [2.45, 2.75) is 11.7 Å². The fourth-order valence-corrected chi connectivity index (χ4v) is 4.22. The second-order valence-corrected chi connectivity index (χ2v) is 7.47. The van der Waals surface area contributed by atoms with Crippen molar-refractivity contribution in [2.75, 3.05) is 18.8 Å². The lowest BCUT2D eigenvalue weighted by Crippen LogP contribution is -2.33. The van der Waals surface area contributed by atoms with Crippen molar-refractivity contribution in [3.05, 3.63) is 64.4 Å². The monoisotopic (exact) mass is 376 g/mol. The van der Waals surface area contributed by atoms with E-state index < -0.39 is 0 Å². The van der Waals surface area contributed by atoms with Gasteiger partial charge in [-0.3, -0.25) is 9.78 Å². The molecule has 0 radical (unpaired) electrons. The van der Waals surface area contributed by atoms with Crippen LogP contribution in [0.2, 0.25) is 0 Å². The van der Waals surface area contributed by atoms with Gasteiger partial charge in [0, 0.05) is 41.0 Å². The van der Waals surface area contributed by atoms with E-state index in [0.29, 0.717) is 10.8 Å². The lowest BCUT2D eigenvalue weighted by molar-refractivity contribution is 0.0766. The zero-order valence-corrected chi connectivity index (χ0v) is 14.5. The predicted molar refractivity (Wildman–Crippen MR) is 94.1 cm³/mol. The number of thioether (sulfide) groups is 1. The van der Waals surface area contributed by atoms with Crippen LogP contribution < -0.4 is 0 Å². The molecule has 2 aromatic rings. The summed E-state index contributed by atoms with van der Waals surface area (Å²) in [6.07, 6.45) is 4.32. The Morgan fingerprint density at radius 1 is 1.23 bits per heavy atom. The molecule has 3 rings (SSSR count). The van der Waals surface area contributed by atoms with Crippen LogP contribution in [0.1, 0.15) is 27.6 Å². The normalized spacial score (nSPS) is 18.8. The molecule has 1 fully saturated rings. The van der Waals surface area contributed by atoms with Gasteiger partial charge in [0.2, 0.25) is 0 Å². The maximum Gasteiger partial charge on any atom is 0.255 e. The van der Waals surface area contributed by atoms with E-state index in [0.717, 1.165) is 29.7 Å². The van der Waals surface area contributed by atoms with Crippen LogP contribution in [0.4, 0.5) is 0 Å². The molecule has 0 aliphatic carbocycles. The Morgan fingerprint density at radius 2 is 2.05 bits per heavy atom. The molecule has 1 amide bonds. The van der Waals surface area contributed by atoms with Gasteiger partial charge < -0.3 is 4.90 Å². The van der Waals surface area contributed by atoms with E-state index in [-0.39, 0.29) is 5.91 Å². The molecule has 1 aromatic carbocycles. The van der Waals surface area contributed by atoms with Crippen molar-refractivity contribution in [1.82, 2.24) is 9.88 Å². The molecule has 0 N–H and O–H groups in total. The maximum atomic E-state index is 12.6. The molecule has 0 spiro atoms. The Hall–Kier alpha value is -1.33. The first-order valence-electron chi connectivity index (χ1n) is 7.30. The first kappa shape index (κ1) is 15.6. The van der Waals surface area contributed by atoms with E-state index in [9.17, 15) is 4.79 Å². The van der Waals surface area contributed by atoms with Crippen LogP contribution in [0, 0.1) is 0 Å².